The van der Waals surface area contributed by atoms with Crippen LogP contribution in [0.4, 0.5) is 5.69 Å². The topological polar surface area (TPSA) is 86.8 Å². The van der Waals surface area contributed by atoms with Crippen molar-refractivity contribution in [3.63, 3.8) is 0 Å². The van der Waals surface area contributed by atoms with Gasteiger partial charge in [-0.2, -0.15) is 0 Å². The maximum atomic E-state index is 13.0. The number of carbonyl (C=O) groups excluding carboxylic acids is 2. The molecule has 0 unspecified atom stereocenters. The Morgan fingerprint density at radius 1 is 1.06 bits per heavy atom. The third-order valence-corrected chi connectivity index (χ3v) is 8.73. The molecule has 1 atom stereocenters. The van der Waals surface area contributed by atoms with Crippen molar-refractivity contribution in [2.45, 2.75) is 63.4 Å². The maximum absolute atomic E-state index is 13.0. The van der Waals surface area contributed by atoms with Gasteiger partial charge in [-0.15, -0.1) is 0 Å². The van der Waals surface area contributed by atoms with Gasteiger partial charge in [0.25, 0.3) is 0 Å². The van der Waals surface area contributed by atoms with Crippen LogP contribution in [-0.2, 0) is 32.6 Å². The molecule has 2 aromatic rings. The molecule has 8 heteroatoms. The van der Waals surface area contributed by atoms with Crippen LogP contribution in [0.25, 0.3) is 0 Å². The molecule has 0 saturated heterocycles. The van der Waals surface area contributed by atoms with Crippen molar-refractivity contribution in [1.29, 1.82) is 0 Å². The van der Waals surface area contributed by atoms with Crippen molar-refractivity contribution in [2.75, 3.05) is 18.5 Å². The number of nitrogens with zero attached hydrogens (tertiary/aromatic N) is 2. The van der Waals surface area contributed by atoms with E-state index in [0.717, 1.165) is 42.5 Å². The Balaban J connectivity index is 1.29. The standard InChI is InChI=1S/C27H35N3O4S/c1-19-15-24-16-25(13-14-26(24)30(19)20(2)31)35(33,34)28-17-21-9-11-23(12-10-21)27(32)29(3)18-22-7-5-4-6-8-22/h4-8,13-14,16,19,21,23,28H,9-12,15,17-18H2,1-3H3/t19-,21?,23?/m0/s1. The lowest BCUT2D eigenvalue weighted by molar-refractivity contribution is -0.136. The first-order valence-corrected chi connectivity index (χ1v) is 13.9. The van der Waals surface area contributed by atoms with E-state index in [1.165, 1.54) is 6.92 Å². The van der Waals surface area contributed by atoms with E-state index in [9.17, 15) is 18.0 Å². The van der Waals surface area contributed by atoms with Crippen LogP contribution >= 0.6 is 0 Å². The minimum atomic E-state index is -3.64. The molecule has 2 aromatic carbocycles. The molecule has 0 aromatic heterocycles. The van der Waals surface area contributed by atoms with Crippen LogP contribution in [0.1, 0.15) is 50.7 Å². The largest absolute Gasteiger partial charge is 0.341 e. The minimum absolute atomic E-state index is 0.000471. The average molecular weight is 498 g/mol. The number of carbonyl (C=O) groups is 2. The van der Waals surface area contributed by atoms with E-state index in [2.05, 4.69) is 4.72 Å². The van der Waals surface area contributed by atoms with Gasteiger partial charge in [0.1, 0.15) is 0 Å². The lowest BCUT2D eigenvalue weighted by atomic mass is 9.81. The molecule has 0 bridgehead atoms. The van der Waals surface area contributed by atoms with Gasteiger partial charge in [-0.05, 0) is 74.3 Å². The van der Waals surface area contributed by atoms with E-state index in [1.807, 2.05) is 44.3 Å². The molecule has 1 heterocycles. The van der Waals surface area contributed by atoms with Crippen LogP contribution in [-0.4, -0.2) is 44.8 Å². The highest BCUT2D eigenvalue weighted by Gasteiger charge is 2.31. The van der Waals surface area contributed by atoms with Gasteiger partial charge in [0, 0.05) is 44.7 Å². The molecule has 188 valence electrons. The predicted molar refractivity (Wildman–Crippen MR) is 136 cm³/mol. The van der Waals surface area contributed by atoms with E-state index in [1.54, 1.807) is 28.0 Å². The van der Waals surface area contributed by atoms with Gasteiger partial charge in [0.15, 0.2) is 0 Å². The fourth-order valence-corrected chi connectivity index (χ4v) is 6.59. The van der Waals surface area contributed by atoms with Gasteiger partial charge in [-0.25, -0.2) is 13.1 Å². The van der Waals surface area contributed by atoms with Crippen LogP contribution in [0.15, 0.2) is 53.4 Å². The zero-order valence-corrected chi connectivity index (χ0v) is 21.6. The van der Waals surface area contributed by atoms with Crippen LogP contribution in [0.3, 0.4) is 0 Å². The van der Waals surface area contributed by atoms with Gasteiger partial charge in [0.2, 0.25) is 21.8 Å². The fourth-order valence-electron chi connectivity index (χ4n) is 5.43. The molecule has 1 aliphatic heterocycles. The lowest BCUT2D eigenvalue weighted by Crippen LogP contribution is -2.37. The summed E-state index contributed by atoms with van der Waals surface area (Å²) < 4.78 is 28.7. The third kappa shape index (κ3) is 5.76. The van der Waals surface area contributed by atoms with Crippen molar-refractivity contribution in [1.82, 2.24) is 9.62 Å². The molecule has 0 spiro atoms. The Kier molecular flexibility index (Phi) is 7.62. The second-order valence-corrected chi connectivity index (χ2v) is 11.7. The maximum Gasteiger partial charge on any atom is 0.240 e. The second kappa shape index (κ2) is 10.5. The molecule has 35 heavy (non-hydrogen) atoms. The first-order chi connectivity index (χ1) is 16.7. The third-order valence-electron chi connectivity index (χ3n) is 7.31. The quantitative estimate of drug-likeness (QED) is 0.632. The molecule has 2 aliphatic rings. The zero-order chi connectivity index (χ0) is 25.2. The van der Waals surface area contributed by atoms with Gasteiger partial charge in [-0.1, -0.05) is 30.3 Å². The molecule has 1 aliphatic carbocycles. The number of hydrogen-bond acceptors (Lipinski definition) is 4. The number of benzene rings is 2. The summed E-state index contributed by atoms with van der Waals surface area (Å²) in [5.41, 5.74) is 2.79. The summed E-state index contributed by atoms with van der Waals surface area (Å²) in [4.78, 5) is 28.6. The normalized spacial score (nSPS) is 22.0. The van der Waals surface area contributed by atoms with E-state index in [0.29, 0.717) is 19.5 Å². The predicted octanol–water partition coefficient (Wildman–Crippen LogP) is 3.73. The van der Waals surface area contributed by atoms with Gasteiger partial charge in [0.05, 0.1) is 4.90 Å². The molecule has 1 N–H and O–H groups in total. The number of nitrogens with one attached hydrogen (secondary N) is 1. The van der Waals surface area contributed by atoms with E-state index >= 15 is 0 Å². The zero-order valence-electron chi connectivity index (χ0n) is 20.7. The number of sulfonamides is 1. The van der Waals surface area contributed by atoms with Gasteiger partial charge < -0.3 is 9.80 Å². The summed E-state index contributed by atoms with van der Waals surface area (Å²) in [7, 11) is -1.79. The number of fused-ring (bicyclic) bond motifs is 1. The highest BCUT2D eigenvalue weighted by molar-refractivity contribution is 7.89. The summed E-state index contributed by atoms with van der Waals surface area (Å²) in [6, 6.07) is 15.0. The van der Waals surface area contributed by atoms with Crippen molar-refractivity contribution < 1.29 is 18.0 Å². The second-order valence-electron chi connectivity index (χ2n) is 9.98. The monoisotopic (exact) mass is 497 g/mol. The van der Waals surface area contributed by atoms with Crippen molar-refractivity contribution in [3.8, 4) is 0 Å². The van der Waals surface area contributed by atoms with Crippen LogP contribution in [0.2, 0.25) is 0 Å². The fraction of sp³-hybridized carbons (Fsp3) is 0.481. The molecular weight excluding hydrogens is 462 g/mol. The molecule has 1 fully saturated rings. The molecule has 7 nitrogen and oxygen atoms in total. The SMILES string of the molecule is CC(=O)N1c2ccc(S(=O)(=O)NCC3CCC(C(=O)N(C)Cc4ccccc4)CC3)cc2C[C@@H]1C. The summed E-state index contributed by atoms with van der Waals surface area (Å²) in [5.74, 6) is 0.348. The number of anilines is 1. The van der Waals surface area contributed by atoms with Crippen LogP contribution in [0.5, 0.6) is 0 Å². The lowest BCUT2D eigenvalue weighted by Gasteiger charge is -2.30. The van der Waals surface area contributed by atoms with E-state index in [4.69, 9.17) is 0 Å². The van der Waals surface area contributed by atoms with Crippen molar-refractivity contribution in [2.24, 2.45) is 11.8 Å². The van der Waals surface area contributed by atoms with Crippen molar-refractivity contribution >= 4 is 27.5 Å². The summed E-state index contributed by atoms with van der Waals surface area (Å²) in [6.45, 7) is 4.47. The van der Waals surface area contributed by atoms with Crippen molar-refractivity contribution in [3.05, 3.63) is 59.7 Å². The molecule has 4 rings (SSSR count). The highest BCUT2D eigenvalue weighted by Crippen LogP contribution is 2.34. The van der Waals surface area contributed by atoms with Crippen LogP contribution < -0.4 is 9.62 Å². The first kappa shape index (κ1) is 25.4. The average Bonchev–Trinajstić information content (AvgIpc) is 3.18. The first-order valence-electron chi connectivity index (χ1n) is 12.4. The molecular formula is C27H35N3O4S. The number of hydrogen-bond donors (Lipinski definition) is 1. The Bertz CT molecular complexity index is 1170. The Labute approximate surface area is 208 Å². The number of amides is 2. The van der Waals surface area contributed by atoms with E-state index < -0.39 is 10.0 Å². The van der Waals surface area contributed by atoms with Crippen LogP contribution in [0, 0.1) is 11.8 Å². The summed E-state index contributed by atoms with van der Waals surface area (Å²) >= 11 is 0. The van der Waals surface area contributed by atoms with E-state index in [-0.39, 0.29) is 34.6 Å². The van der Waals surface area contributed by atoms with Gasteiger partial charge in [-0.3, -0.25) is 9.59 Å². The summed E-state index contributed by atoms with van der Waals surface area (Å²) in [6.07, 6.45) is 3.86. The molecule has 1 saturated carbocycles. The Morgan fingerprint density at radius 3 is 2.40 bits per heavy atom. The molecule has 2 amide bonds. The Morgan fingerprint density at radius 2 is 1.74 bits per heavy atom. The summed E-state index contributed by atoms with van der Waals surface area (Å²) in [5, 5.41) is 0. The highest BCUT2D eigenvalue weighted by atomic mass is 32.2. The molecule has 0 radical (unpaired) electrons. The Hall–Kier alpha value is -2.71. The minimum Gasteiger partial charge on any atom is -0.341 e. The number of rotatable bonds is 7. The van der Waals surface area contributed by atoms with Gasteiger partial charge >= 0.3 is 0 Å². The smallest absolute Gasteiger partial charge is 0.240 e.